The summed E-state index contributed by atoms with van der Waals surface area (Å²) in [6.45, 7) is 4.84. The molecule has 2 aliphatic rings. The molecule has 1 saturated heterocycles. The van der Waals surface area contributed by atoms with Gasteiger partial charge >= 0.3 is 0 Å². The second-order valence-corrected chi connectivity index (χ2v) is 7.47. The molecule has 2 fully saturated rings. The molecule has 4 rings (SSSR count). The Morgan fingerprint density at radius 2 is 1.83 bits per heavy atom. The van der Waals surface area contributed by atoms with Crippen molar-refractivity contribution in [3.63, 3.8) is 0 Å². The summed E-state index contributed by atoms with van der Waals surface area (Å²) in [6.07, 6.45) is 9.84. The van der Waals surface area contributed by atoms with Crippen LogP contribution in [0.1, 0.15) is 50.6 Å². The lowest BCUT2D eigenvalue weighted by molar-refractivity contribution is 0.129. The quantitative estimate of drug-likeness (QED) is 0.871. The van der Waals surface area contributed by atoms with Crippen LogP contribution in [0.4, 0.5) is 0 Å². The predicted molar refractivity (Wildman–Crippen MR) is 91.3 cm³/mol. The second-order valence-electron chi connectivity index (χ2n) is 7.47. The molecule has 1 aromatic carbocycles. The fraction of sp³-hybridized carbons (Fsp3) is 0.579. The molecule has 2 aromatic rings. The smallest absolute Gasteiger partial charge is 0.137 e. The molecule has 0 unspecified atom stereocenters. The lowest BCUT2D eigenvalue weighted by atomic mass is 9.81. The Kier molecular flexibility index (Phi) is 3.93. The molecule has 0 spiro atoms. The number of rotatable bonds is 3. The number of likely N-dealkylation sites (tertiary alicyclic amines) is 1. The topological polar surface area (TPSA) is 34.0 Å². The van der Waals surface area contributed by atoms with E-state index in [9.17, 15) is 0 Å². The van der Waals surface area contributed by atoms with E-state index in [1.54, 1.807) is 6.33 Å². The third-order valence-electron chi connectivity index (χ3n) is 6.01. The van der Waals surface area contributed by atoms with Crippen LogP contribution in [0.15, 0.2) is 43.0 Å². The van der Waals surface area contributed by atoms with E-state index >= 15 is 0 Å². The minimum absolute atomic E-state index is 0.356. The molecule has 0 radical (unpaired) electrons. The normalized spacial score (nSPS) is 29.9. The van der Waals surface area contributed by atoms with Gasteiger partial charge in [-0.2, -0.15) is 5.10 Å². The van der Waals surface area contributed by atoms with E-state index in [1.165, 1.54) is 50.8 Å². The number of hydrogen-bond donors (Lipinski definition) is 0. The molecule has 1 aliphatic carbocycles. The molecule has 1 saturated carbocycles. The molecule has 1 aliphatic heterocycles. The maximum atomic E-state index is 4.31. The molecule has 0 N–H and O–H groups in total. The van der Waals surface area contributed by atoms with E-state index in [0.717, 1.165) is 6.04 Å². The van der Waals surface area contributed by atoms with Crippen molar-refractivity contribution in [3.05, 3.63) is 48.5 Å². The van der Waals surface area contributed by atoms with E-state index in [-0.39, 0.29) is 0 Å². The summed E-state index contributed by atoms with van der Waals surface area (Å²) in [6, 6.07) is 12.4. The molecule has 2 atom stereocenters. The molecular formula is C19H26N4. The molecule has 0 bridgehead atoms. The van der Waals surface area contributed by atoms with Crippen molar-refractivity contribution in [1.82, 2.24) is 19.7 Å². The van der Waals surface area contributed by atoms with Crippen LogP contribution < -0.4 is 0 Å². The van der Waals surface area contributed by atoms with Crippen LogP contribution in [0.25, 0.3) is 0 Å². The minimum Gasteiger partial charge on any atom is -0.300 e. The van der Waals surface area contributed by atoms with E-state index in [1.807, 2.05) is 11.0 Å². The zero-order valence-corrected chi connectivity index (χ0v) is 13.9. The highest BCUT2D eigenvalue weighted by molar-refractivity contribution is 5.26. The van der Waals surface area contributed by atoms with Crippen molar-refractivity contribution in [2.75, 3.05) is 13.1 Å². The Labute approximate surface area is 138 Å². The lowest BCUT2D eigenvalue weighted by Gasteiger charge is -2.36. The van der Waals surface area contributed by atoms with Gasteiger partial charge in [0.25, 0.3) is 0 Å². The van der Waals surface area contributed by atoms with Gasteiger partial charge in [-0.05, 0) is 43.1 Å². The first-order valence-electron chi connectivity index (χ1n) is 8.88. The van der Waals surface area contributed by atoms with Crippen LogP contribution in [0.2, 0.25) is 0 Å². The number of nitrogens with zero attached hydrogens (tertiary/aromatic N) is 4. The van der Waals surface area contributed by atoms with E-state index in [4.69, 9.17) is 0 Å². The minimum atomic E-state index is 0.356. The summed E-state index contributed by atoms with van der Waals surface area (Å²) < 4.78 is 2.04. The standard InChI is InChI=1S/C19H26N4/c1-19(16-5-3-2-4-6-16)10-7-18(13-19)22-11-8-17(9-12-22)23-15-20-14-21-23/h2-6,14-15,17-18H,7-13H2,1H3/t18-,19+/m1/s1. The molecule has 1 aromatic heterocycles. The molecular weight excluding hydrogens is 284 g/mol. The predicted octanol–water partition coefficient (Wildman–Crippen LogP) is 3.43. The monoisotopic (exact) mass is 310 g/mol. The third-order valence-corrected chi connectivity index (χ3v) is 6.01. The van der Waals surface area contributed by atoms with Gasteiger partial charge in [-0.1, -0.05) is 37.3 Å². The van der Waals surface area contributed by atoms with Crippen molar-refractivity contribution in [2.24, 2.45) is 0 Å². The van der Waals surface area contributed by atoms with Crippen LogP contribution >= 0.6 is 0 Å². The van der Waals surface area contributed by atoms with Crippen molar-refractivity contribution >= 4 is 0 Å². The lowest BCUT2D eigenvalue weighted by Crippen LogP contribution is -2.41. The Bertz CT molecular complexity index is 616. The molecule has 4 nitrogen and oxygen atoms in total. The van der Waals surface area contributed by atoms with Crippen LogP contribution in [0.3, 0.4) is 0 Å². The second kappa shape index (κ2) is 6.08. The highest BCUT2D eigenvalue weighted by Crippen LogP contribution is 2.43. The zero-order valence-electron chi connectivity index (χ0n) is 13.9. The summed E-state index contributed by atoms with van der Waals surface area (Å²) in [5.74, 6) is 0. The van der Waals surface area contributed by atoms with Crippen molar-refractivity contribution in [1.29, 1.82) is 0 Å². The summed E-state index contributed by atoms with van der Waals surface area (Å²) in [7, 11) is 0. The number of piperidine rings is 1. The third kappa shape index (κ3) is 2.92. The highest BCUT2D eigenvalue weighted by Gasteiger charge is 2.39. The highest BCUT2D eigenvalue weighted by atomic mass is 15.3. The average molecular weight is 310 g/mol. The maximum absolute atomic E-state index is 4.31. The van der Waals surface area contributed by atoms with E-state index in [0.29, 0.717) is 11.5 Å². The first-order chi connectivity index (χ1) is 11.2. The first-order valence-corrected chi connectivity index (χ1v) is 8.88. The van der Waals surface area contributed by atoms with Crippen LogP contribution in [-0.4, -0.2) is 38.8 Å². The molecule has 122 valence electrons. The number of benzene rings is 1. The first kappa shape index (κ1) is 14.9. The van der Waals surface area contributed by atoms with Gasteiger partial charge in [-0.3, -0.25) is 0 Å². The Hall–Kier alpha value is -1.68. The molecule has 2 heterocycles. The Balaban J connectivity index is 1.38. The largest absolute Gasteiger partial charge is 0.300 e. The number of hydrogen-bond acceptors (Lipinski definition) is 3. The van der Waals surface area contributed by atoms with Gasteiger partial charge in [0.2, 0.25) is 0 Å². The SMILES string of the molecule is C[C@]1(c2ccccc2)CC[C@@H](N2CCC(n3cncn3)CC2)C1. The van der Waals surface area contributed by atoms with Gasteiger partial charge in [0, 0.05) is 19.1 Å². The molecule has 23 heavy (non-hydrogen) atoms. The Morgan fingerprint density at radius 3 is 2.52 bits per heavy atom. The van der Waals surface area contributed by atoms with Crippen LogP contribution in [-0.2, 0) is 5.41 Å². The van der Waals surface area contributed by atoms with Gasteiger partial charge in [-0.15, -0.1) is 0 Å². The summed E-state index contributed by atoms with van der Waals surface area (Å²) >= 11 is 0. The van der Waals surface area contributed by atoms with Gasteiger partial charge in [0.05, 0.1) is 6.04 Å². The Morgan fingerprint density at radius 1 is 1.04 bits per heavy atom. The average Bonchev–Trinajstić information content (AvgIpc) is 3.27. The zero-order chi connectivity index (χ0) is 15.7. The number of aromatic nitrogens is 3. The summed E-state index contributed by atoms with van der Waals surface area (Å²) in [4.78, 5) is 6.81. The van der Waals surface area contributed by atoms with E-state index < -0.39 is 0 Å². The van der Waals surface area contributed by atoms with E-state index in [2.05, 4.69) is 52.2 Å². The fourth-order valence-electron chi connectivity index (χ4n) is 4.55. The van der Waals surface area contributed by atoms with Crippen molar-refractivity contribution in [2.45, 2.75) is 56.5 Å². The maximum Gasteiger partial charge on any atom is 0.137 e. The summed E-state index contributed by atoms with van der Waals surface area (Å²) in [5.41, 5.74) is 1.87. The van der Waals surface area contributed by atoms with Gasteiger partial charge in [-0.25, -0.2) is 9.67 Å². The van der Waals surface area contributed by atoms with Gasteiger partial charge < -0.3 is 4.90 Å². The molecule has 4 heteroatoms. The van der Waals surface area contributed by atoms with Gasteiger partial charge in [0.15, 0.2) is 0 Å². The van der Waals surface area contributed by atoms with Crippen molar-refractivity contribution < 1.29 is 0 Å². The van der Waals surface area contributed by atoms with Gasteiger partial charge in [0.1, 0.15) is 12.7 Å². The van der Waals surface area contributed by atoms with Crippen molar-refractivity contribution in [3.8, 4) is 0 Å². The van der Waals surface area contributed by atoms with Crippen LogP contribution in [0, 0.1) is 0 Å². The molecule has 0 amide bonds. The van der Waals surface area contributed by atoms with Crippen LogP contribution in [0.5, 0.6) is 0 Å². The fourth-order valence-corrected chi connectivity index (χ4v) is 4.55. The summed E-state index contributed by atoms with van der Waals surface area (Å²) in [5, 5.41) is 4.31.